The van der Waals surface area contributed by atoms with E-state index in [1.807, 2.05) is 0 Å². The van der Waals surface area contributed by atoms with Crippen molar-refractivity contribution < 1.29 is 14.3 Å². The highest BCUT2D eigenvalue weighted by Crippen LogP contribution is 2.35. The first-order valence-corrected chi connectivity index (χ1v) is 6.85. The fourth-order valence-electron chi connectivity index (χ4n) is 2.76. The Morgan fingerprint density at radius 3 is 2.55 bits per heavy atom. The van der Waals surface area contributed by atoms with Gasteiger partial charge in [-0.15, -0.1) is 0 Å². The molecule has 5 nitrogen and oxygen atoms in total. The topological polar surface area (TPSA) is 57.5 Å². The minimum Gasteiger partial charge on any atom is -0.465 e. The van der Waals surface area contributed by atoms with Gasteiger partial charge < -0.3 is 14.0 Å². The minimum atomic E-state index is -0.582. The molecule has 0 amide bonds. The van der Waals surface area contributed by atoms with Crippen LogP contribution in [0.2, 0.25) is 0 Å². The smallest absolute Gasteiger partial charge is 0.343 e. The number of carbonyl (C=O) groups is 1. The zero-order valence-corrected chi connectivity index (χ0v) is 12.2. The van der Waals surface area contributed by atoms with E-state index in [1.54, 1.807) is 23.9 Å². The summed E-state index contributed by atoms with van der Waals surface area (Å²) in [5, 5.41) is 0. The Bertz CT molecular complexity index is 541. The average Bonchev–Trinajstić information content (AvgIpc) is 2.48. The Labute approximate surface area is 118 Å². The van der Waals surface area contributed by atoms with Gasteiger partial charge >= 0.3 is 5.97 Å². The zero-order valence-electron chi connectivity index (χ0n) is 12.2. The number of aromatic nitrogens is 1. The van der Waals surface area contributed by atoms with Crippen molar-refractivity contribution in [2.24, 2.45) is 0 Å². The SMILES string of the molecule is COC(=O)c1cccn([C@H]2CC[C@](C)(OC)CC2)c1=O. The molecule has 0 aromatic carbocycles. The molecule has 20 heavy (non-hydrogen) atoms. The number of ether oxygens (including phenoxy) is 2. The van der Waals surface area contributed by atoms with E-state index >= 15 is 0 Å². The molecule has 0 unspecified atom stereocenters. The summed E-state index contributed by atoms with van der Waals surface area (Å²) in [7, 11) is 3.01. The maximum absolute atomic E-state index is 12.3. The molecule has 1 saturated carbocycles. The first-order valence-electron chi connectivity index (χ1n) is 6.85. The van der Waals surface area contributed by atoms with Crippen LogP contribution in [-0.4, -0.2) is 30.4 Å². The molecule has 0 radical (unpaired) electrons. The van der Waals surface area contributed by atoms with E-state index in [9.17, 15) is 9.59 Å². The average molecular weight is 279 g/mol. The predicted octanol–water partition coefficient (Wildman–Crippen LogP) is 2.16. The molecule has 110 valence electrons. The summed E-state index contributed by atoms with van der Waals surface area (Å²) in [4.78, 5) is 23.9. The van der Waals surface area contributed by atoms with Crippen LogP contribution in [0.1, 0.15) is 49.0 Å². The lowest BCUT2D eigenvalue weighted by molar-refractivity contribution is -0.0325. The fraction of sp³-hybridized carbons (Fsp3) is 0.600. The summed E-state index contributed by atoms with van der Waals surface area (Å²) < 4.78 is 11.8. The van der Waals surface area contributed by atoms with Crippen molar-refractivity contribution in [2.75, 3.05) is 14.2 Å². The number of esters is 1. The van der Waals surface area contributed by atoms with E-state index in [0.717, 1.165) is 25.7 Å². The normalized spacial score (nSPS) is 26.2. The summed E-state index contributed by atoms with van der Waals surface area (Å²) in [6.07, 6.45) is 5.30. The van der Waals surface area contributed by atoms with Gasteiger partial charge in [-0.3, -0.25) is 4.79 Å². The van der Waals surface area contributed by atoms with Gasteiger partial charge in [-0.2, -0.15) is 0 Å². The van der Waals surface area contributed by atoms with Crippen LogP contribution in [0.4, 0.5) is 0 Å². The van der Waals surface area contributed by atoms with Crippen LogP contribution < -0.4 is 5.56 Å². The molecular formula is C15H21NO4. The molecule has 1 heterocycles. The van der Waals surface area contributed by atoms with Crippen LogP contribution in [-0.2, 0) is 9.47 Å². The Morgan fingerprint density at radius 2 is 2.00 bits per heavy atom. The third-order valence-corrected chi connectivity index (χ3v) is 4.28. The molecule has 1 aliphatic rings. The summed E-state index contributed by atoms with van der Waals surface area (Å²) in [6, 6.07) is 3.35. The number of nitrogens with zero attached hydrogens (tertiary/aromatic N) is 1. The highest BCUT2D eigenvalue weighted by molar-refractivity contribution is 5.88. The van der Waals surface area contributed by atoms with Crippen molar-refractivity contribution in [3.63, 3.8) is 0 Å². The summed E-state index contributed by atoms with van der Waals surface area (Å²) in [5.74, 6) is -0.582. The Kier molecular flexibility index (Phi) is 4.28. The van der Waals surface area contributed by atoms with E-state index in [2.05, 4.69) is 11.7 Å². The van der Waals surface area contributed by atoms with Gasteiger partial charge in [0.25, 0.3) is 5.56 Å². The molecule has 1 aromatic rings. The van der Waals surface area contributed by atoms with E-state index in [1.165, 1.54) is 13.2 Å². The molecule has 2 rings (SSSR count). The largest absolute Gasteiger partial charge is 0.465 e. The quantitative estimate of drug-likeness (QED) is 0.796. The Morgan fingerprint density at radius 1 is 1.35 bits per heavy atom. The van der Waals surface area contributed by atoms with E-state index in [0.29, 0.717) is 0 Å². The Balaban J connectivity index is 2.23. The molecule has 1 aromatic heterocycles. The van der Waals surface area contributed by atoms with Crippen molar-refractivity contribution in [3.8, 4) is 0 Å². The number of methoxy groups -OCH3 is 2. The lowest BCUT2D eigenvalue weighted by atomic mass is 9.83. The predicted molar refractivity (Wildman–Crippen MR) is 75.0 cm³/mol. The monoisotopic (exact) mass is 279 g/mol. The second kappa shape index (κ2) is 5.79. The number of pyridine rings is 1. The second-order valence-electron chi connectivity index (χ2n) is 5.51. The molecule has 5 heteroatoms. The molecule has 0 bridgehead atoms. The van der Waals surface area contributed by atoms with Crippen molar-refractivity contribution in [1.29, 1.82) is 0 Å². The third-order valence-electron chi connectivity index (χ3n) is 4.28. The summed E-state index contributed by atoms with van der Waals surface area (Å²) >= 11 is 0. The van der Waals surface area contributed by atoms with E-state index in [-0.39, 0.29) is 22.8 Å². The van der Waals surface area contributed by atoms with Gasteiger partial charge in [-0.05, 0) is 44.7 Å². The summed E-state index contributed by atoms with van der Waals surface area (Å²) in [6.45, 7) is 2.09. The first kappa shape index (κ1) is 14.8. The van der Waals surface area contributed by atoms with Crippen molar-refractivity contribution in [1.82, 2.24) is 4.57 Å². The summed E-state index contributed by atoms with van der Waals surface area (Å²) in [5.41, 5.74) is -0.277. The molecule has 0 aliphatic heterocycles. The second-order valence-corrected chi connectivity index (χ2v) is 5.51. The standard InChI is InChI=1S/C15H21NO4/c1-15(20-3)8-6-11(7-9-15)16-10-4-5-12(13(16)17)14(18)19-2/h4-5,10-11H,6-9H2,1-3H3/t11-,15-. The number of rotatable bonds is 3. The molecule has 0 N–H and O–H groups in total. The van der Waals surface area contributed by atoms with Gasteiger partial charge in [0.2, 0.25) is 0 Å². The van der Waals surface area contributed by atoms with Crippen molar-refractivity contribution in [2.45, 2.75) is 44.2 Å². The number of hydrogen-bond acceptors (Lipinski definition) is 4. The van der Waals surface area contributed by atoms with Crippen LogP contribution in [0.15, 0.2) is 23.1 Å². The van der Waals surface area contributed by atoms with Gasteiger partial charge in [0.1, 0.15) is 5.56 Å². The van der Waals surface area contributed by atoms with Crippen LogP contribution in [0.25, 0.3) is 0 Å². The highest BCUT2D eigenvalue weighted by Gasteiger charge is 2.32. The van der Waals surface area contributed by atoms with E-state index in [4.69, 9.17) is 4.74 Å². The zero-order chi connectivity index (χ0) is 14.8. The van der Waals surface area contributed by atoms with Crippen LogP contribution in [0.5, 0.6) is 0 Å². The van der Waals surface area contributed by atoms with Gasteiger partial charge in [0.05, 0.1) is 12.7 Å². The first-order chi connectivity index (χ1) is 9.50. The molecule has 1 fully saturated rings. The van der Waals surface area contributed by atoms with Gasteiger partial charge in [0, 0.05) is 19.3 Å². The molecule has 0 atom stereocenters. The van der Waals surface area contributed by atoms with E-state index < -0.39 is 5.97 Å². The Hall–Kier alpha value is -1.62. The van der Waals surface area contributed by atoms with Crippen molar-refractivity contribution >= 4 is 5.97 Å². The van der Waals surface area contributed by atoms with Gasteiger partial charge in [-0.1, -0.05) is 0 Å². The fourth-order valence-corrected chi connectivity index (χ4v) is 2.76. The molecule has 0 saturated heterocycles. The lowest BCUT2D eigenvalue weighted by Gasteiger charge is -2.36. The molecule has 0 spiro atoms. The number of hydrogen-bond donors (Lipinski definition) is 0. The van der Waals surface area contributed by atoms with Crippen LogP contribution in [0, 0.1) is 0 Å². The van der Waals surface area contributed by atoms with Gasteiger partial charge in [-0.25, -0.2) is 4.79 Å². The molecule has 1 aliphatic carbocycles. The van der Waals surface area contributed by atoms with Crippen molar-refractivity contribution in [3.05, 3.63) is 34.2 Å². The van der Waals surface area contributed by atoms with Crippen LogP contribution in [0.3, 0.4) is 0 Å². The van der Waals surface area contributed by atoms with Crippen LogP contribution >= 0.6 is 0 Å². The lowest BCUT2D eigenvalue weighted by Crippen LogP contribution is -2.37. The van der Waals surface area contributed by atoms with Gasteiger partial charge in [0.15, 0.2) is 0 Å². The minimum absolute atomic E-state index is 0.0927. The highest BCUT2D eigenvalue weighted by atomic mass is 16.5. The maximum Gasteiger partial charge on any atom is 0.343 e. The number of carbonyl (C=O) groups excluding carboxylic acids is 1. The molecular weight excluding hydrogens is 258 g/mol. The third kappa shape index (κ3) is 2.77. The maximum atomic E-state index is 12.3.